The zero-order valence-electron chi connectivity index (χ0n) is 37.8. The van der Waals surface area contributed by atoms with Crippen LogP contribution in [-0.4, -0.2) is 147 Å². The molecule has 0 aromatic carbocycles. The molecule has 0 aliphatic carbocycles. The van der Waals surface area contributed by atoms with Crippen LogP contribution in [0.3, 0.4) is 0 Å². The lowest BCUT2D eigenvalue weighted by atomic mass is 10.1. The molecule has 3 aromatic heterocycles. The maximum absolute atomic E-state index is 14.5. The number of alkyl halides is 1. The van der Waals surface area contributed by atoms with E-state index in [1.54, 1.807) is 51.0 Å². The van der Waals surface area contributed by atoms with Gasteiger partial charge in [0.25, 0.3) is 0 Å². The van der Waals surface area contributed by atoms with Crippen LogP contribution in [0.1, 0.15) is 56.1 Å². The van der Waals surface area contributed by atoms with Crippen LogP contribution in [0.4, 0.5) is 4.39 Å². The molecule has 330 valence electrons. The van der Waals surface area contributed by atoms with Gasteiger partial charge < -0.3 is 48.5 Å². The molecule has 0 radical (unpaired) electrons. The molecule has 20 heteroatoms. The van der Waals surface area contributed by atoms with E-state index in [1.807, 2.05) is 34.0 Å². The number of halogens is 1. The first kappa shape index (κ1) is 44.7. The number of methoxy groups -OCH3 is 5. The van der Waals surface area contributed by atoms with E-state index in [2.05, 4.69) is 25.6 Å². The van der Waals surface area contributed by atoms with Crippen LogP contribution in [0.5, 0.6) is 0 Å². The summed E-state index contributed by atoms with van der Waals surface area (Å²) >= 11 is 0. The Morgan fingerprint density at radius 3 is 1.83 bits per heavy atom. The third-order valence-electron chi connectivity index (χ3n) is 10.5. The second-order valence-electron chi connectivity index (χ2n) is 14.3. The average Bonchev–Trinajstić information content (AvgIpc) is 3.91. The van der Waals surface area contributed by atoms with Gasteiger partial charge in [-0.25, -0.2) is 18.8 Å². The van der Waals surface area contributed by atoms with Crippen molar-refractivity contribution in [1.29, 1.82) is 0 Å². The minimum atomic E-state index is -2.09. The molecule has 3 aliphatic rings. The summed E-state index contributed by atoms with van der Waals surface area (Å²) in [6, 6.07) is 1.32. The van der Waals surface area contributed by atoms with Crippen molar-refractivity contribution in [3.63, 3.8) is 0 Å². The topological polar surface area (TPSA) is 203 Å². The fraction of sp³-hybridized carbons (Fsp3) is 0.692. The number of hydrogen-bond donors (Lipinski definition) is 2. The Kier molecular flexibility index (Phi) is 16.8. The molecule has 2 N–H and O–H groups in total. The van der Waals surface area contributed by atoms with Gasteiger partial charge in [0.15, 0.2) is 18.6 Å². The van der Waals surface area contributed by atoms with Gasteiger partial charge in [-0.1, -0.05) is 0 Å². The summed E-state index contributed by atoms with van der Waals surface area (Å²) in [7, 11) is 10.8. The predicted molar refractivity (Wildman–Crippen MR) is 213 cm³/mol. The summed E-state index contributed by atoms with van der Waals surface area (Å²) in [5.74, 6) is 0. The Morgan fingerprint density at radius 2 is 1.29 bits per heavy atom. The van der Waals surface area contributed by atoms with E-state index in [0.717, 1.165) is 23.2 Å². The van der Waals surface area contributed by atoms with Gasteiger partial charge in [0.1, 0.15) is 30.6 Å². The number of ether oxygens (including phenoxy) is 8. The molecule has 0 bridgehead atoms. The van der Waals surface area contributed by atoms with Crippen LogP contribution in [0.2, 0.25) is 0 Å². The molecule has 0 amide bonds. The second kappa shape index (κ2) is 22.1. The number of hydrogen-bond acceptors (Lipinski definition) is 16. The Labute approximate surface area is 346 Å². The quantitative estimate of drug-likeness (QED) is 0.245. The zero-order valence-corrected chi connectivity index (χ0v) is 35.8. The van der Waals surface area contributed by atoms with E-state index in [9.17, 15) is 18.8 Å². The van der Waals surface area contributed by atoms with Gasteiger partial charge in [-0.2, -0.15) is 15.0 Å². The molecule has 3 saturated heterocycles. The van der Waals surface area contributed by atoms with Crippen LogP contribution in [0.25, 0.3) is 0 Å². The highest BCUT2D eigenvalue weighted by molar-refractivity contribution is 5.14. The van der Waals surface area contributed by atoms with E-state index < -0.39 is 67.0 Å². The first-order valence-electron chi connectivity index (χ1n) is 20.1. The van der Waals surface area contributed by atoms with Crippen molar-refractivity contribution in [2.24, 2.45) is 0 Å². The highest BCUT2D eigenvalue weighted by atomic mass is 19.1. The van der Waals surface area contributed by atoms with Crippen LogP contribution >= 0.6 is 0 Å². The highest BCUT2D eigenvalue weighted by Crippen LogP contribution is 2.33. The van der Waals surface area contributed by atoms with Crippen molar-refractivity contribution in [3.8, 4) is 0 Å². The van der Waals surface area contributed by atoms with Gasteiger partial charge >= 0.3 is 17.1 Å². The normalized spacial score (nSPS) is 29.6. The number of rotatable bonds is 13. The molecular formula is C39H61FN8O11. The Balaban J connectivity index is 0.000000202. The van der Waals surface area contributed by atoms with Crippen molar-refractivity contribution in [3.05, 3.63) is 84.3 Å². The van der Waals surface area contributed by atoms with Crippen LogP contribution in [0, 0.1) is 34.6 Å². The van der Waals surface area contributed by atoms with Crippen molar-refractivity contribution in [1.82, 2.24) is 39.3 Å². The summed E-state index contributed by atoms with van der Waals surface area (Å²) in [6.07, 6.45) is -0.747. The minimum Gasteiger partial charge on any atom is -0.382 e. The zero-order chi connectivity index (χ0) is 45.3. The van der Waals surface area contributed by atoms with Crippen LogP contribution < -0.4 is 27.7 Å². The van der Waals surface area contributed by atoms with Gasteiger partial charge in [-0.3, -0.25) is 13.7 Å². The van der Waals surface area contributed by atoms with Crippen molar-refractivity contribution in [2.45, 2.75) is 108 Å². The molecule has 0 unspecified atom stereocenters. The summed E-state index contributed by atoms with van der Waals surface area (Å²) in [6.45, 7) is 7.73. The smallest absolute Gasteiger partial charge is 0.350 e. The predicted octanol–water partition coefficient (Wildman–Crippen LogP) is 0.838. The standard InChI is InChI=1S/C13H20FN3O3.C13H21N3O3.C13H20N2O5/c1-7-5-17(13(18)16-8(7)2)12-10(14)11(15-3)9(20-12)6-19-4;1-8-6-16(13(17)15-9(8)2)12-5-10(14-3)11(19-12)7-18-4;1-8-5-6-15(13(16)14-8)12-11(19-4)10(18-3)9(20-12)7-17-2/h5,9-12,15H,6H2,1-4H3;6,10-12,14H,5,7H2,1-4H3;5-6,9-12H,7H2,1-4H3/t9-,10-,11-,12-;10-,11+,12+;9-,10-,11-,12-/m101/s1/i;;7D2. The van der Waals surface area contributed by atoms with E-state index in [-0.39, 0.29) is 30.7 Å². The molecular weight excluding hydrogens is 775 g/mol. The Bertz CT molecular complexity index is 2080. The van der Waals surface area contributed by atoms with E-state index in [1.165, 1.54) is 37.6 Å². The lowest BCUT2D eigenvalue weighted by Gasteiger charge is -2.22. The van der Waals surface area contributed by atoms with E-state index >= 15 is 0 Å². The number of aromatic nitrogens is 6. The lowest BCUT2D eigenvalue weighted by molar-refractivity contribution is -0.0672. The molecule has 0 spiro atoms. The molecule has 19 nitrogen and oxygen atoms in total. The SMILES string of the molecule is CN[C@H]1C[C@H](n2cc(C)c(C)nc2=O)O[C@@H]1COC.CN[C@H]1[C@@H](F)[C@H](n2cc(C)c(C)nc2=O)O[C@@H]1COC.[2H]C([2H])(OC)[C@H]1O[C@@H](n2ccc(C)nc2=O)[C@H](OC)[C@@H]1OC. The number of aryl methyl sites for hydroxylation is 5. The monoisotopic (exact) mass is 838 g/mol. The highest BCUT2D eigenvalue weighted by Gasteiger charge is 2.47. The van der Waals surface area contributed by atoms with Gasteiger partial charge in [0, 0.05) is 83.7 Å². The van der Waals surface area contributed by atoms with Gasteiger partial charge in [-0.15, -0.1) is 0 Å². The van der Waals surface area contributed by atoms with E-state index in [0.29, 0.717) is 18.0 Å². The van der Waals surface area contributed by atoms with Gasteiger partial charge in [-0.05, 0) is 65.9 Å². The molecule has 11 atom stereocenters. The van der Waals surface area contributed by atoms with Crippen LogP contribution in [0.15, 0.2) is 39.0 Å². The molecule has 3 aliphatic heterocycles. The van der Waals surface area contributed by atoms with Crippen LogP contribution in [-0.2, 0) is 37.9 Å². The first-order valence-corrected chi connectivity index (χ1v) is 19.1. The molecule has 6 rings (SSSR count). The molecule has 3 fully saturated rings. The summed E-state index contributed by atoms with van der Waals surface area (Å²) < 4.78 is 77.3. The summed E-state index contributed by atoms with van der Waals surface area (Å²) in [4.78, 5) is 47.7. The summed E-state index contributed by atoms with van der Waals surface area (Å²) in [5.41, 5.74) is 2.52. The van der Waals surface area contributed by atoms with Gasteiger partial charge in [0.05, 0.1) is 34.7 Å². The Hall–Kier alpha value is -3.83. The number of likely N-dealkylation sites (N-methyl/N-ethyl adjacent to an activating group) is 2. The second-order valence-corrected chi connectivity index (χ2v) is 14.3. The average molecular weight is 839 g/mol. The molecule has 0 saturated carbocycles. The van der Waals surface area contributed by atoms with Crippen molar-refractivity contribution >= 4 is 0 Å². The summed E-state index contributed by atoms with van der Waals surface area (Å²) in [5, 5.41) is 6.08. The van der Waals surface area contributed by atoms with Crippen molar-refractivity contribution in [2.75, 3.05) is 69.4 Å². The van der Waals surface area contributed by atoms with E-state index in [4.69, 9.17) is 40.6 Å². The Morgan fingerprint density at radius 1 is 0.729 bits per heavy atom. The molecule has 59 heavy (non-hydrogen) atoms. The fourth-order valence-electron chi connectivity index (χ4n) is 7.07. The maximum Gasteiger partial charge on any atom is 0.350 e. The number of nitrogens with one attached hydrogen (secondary N) is 2. The van der Waals surface area contributed by atoms with Gasteiger partial charge in [0.2, 0.25) is 0 Å². The first-order chi connectivity index (χ1) is 28.9. The largest absolute Gasteiger partial charge is 0.382 e. The van der Waals surface area contributed by atoms with Crippen molar-refractivity contribution < 1.29 is 45.0 Å². The third-order valence-corrected chi connectivity index (χ3v) is 10.5. The molecule has 3 aromatic rings. The number of nitrogens with zero attached hydrogens (tertiary/aromatic N) is 6. The maximum atomic E-state index is 14.5. The third kappa shape index (κ3) is 11.3. The fourth-order valence-corrected chi connectivity index (χ4v) is 7.07. The lowest BCUT2D eigenvalue weighted by Crippen LogP contribution is -2.42. The minimum absolute atomic E-state index is 0.0477. The molecule has 6 heterocycles.